The quantitative estimate of drug-likeness (QED) is 0.748. The molecule has 0 amide bonds. The van der Waals surface area contributed by atoms with Crippen LogP contribution in [0.3, 0.4) is 0 Å². The number of halogens is 3. The predicted molar refractivity (Wildman–Crippen MR) is 49.5 cm³/mol. The topological polar surface area (TPSA) is 60.7 Å². The van der Waals surface area contributed by atoms with E-state index in [1.165, 1.54) is 18.7 Å². The van der Waals surface area contributed by atoms with E-state index in [1.54, 1.807) is 0 Å². The molecule has 0 N–H and O–H groups in total. The first-order valence-corrected chi connectivity index (χ1v) is 4.40. The molecule has 88 valence electrons. The first kappa shape index (κ1) is 11.2. The van der Waals surface area contributed by atoms with Crippen LogP contribution in [0.4, 0.5) is 13.2 Å². The Bertz CT molecular complexity index is 535. The third-order valence-corrected chi connectivity index (χ3v) is 1.95. The molecular weight excluding hydrogens is 237 g/mol. The molecule has 2 heterocycles. The highest BCUT2D eigenvalue weighted by Gasteiger charge is 2.37. The van der Waals surface area contributed by atoms with E-state index in [0.717, 1.165) is 10.9 Å². The van der Waals surface area contributed by atoms with Gasteiger partial charge >= 0.3 is 6.18 Å². The molecule has 2 rings (SSSR count). The van der Waals surface area contributed by atoms with Crippen molar-refractivity contribution in [2.75, 3.05) is 0 Å². The van der Waals surface area contributed by atoms with E-state index in [9.17, 15) is 18.0 Å². The zero-order valence-corrected chi connectivity index (χ0v) is 8.22. The van der Waals surface area contributed by atoms with E-state index in [4.69, 9.17) is 0 Å². The van der Waals surface area contributed by atoms with Gasteiger partial charge in [0, 0.05) is 6.20 Å². The van der Waals surface area contributed by atoms with Crippen molar-refractivity contribution < 1.29 is 18.0 Å². The Morgan fingerprint density at radius 2 is 1.88 bits per heavy atom. The number of aromatic nitrogens is 4. The third-order valence-electron chi connectivity index (χ3n) is 1.95. The minimum absolute atomic E-state index is 0.107. The summed E-state index contributed by atoms with van der Waals surface area (Å²) < 4.78 is 38.4. The zero-order valence-electron chi connectivity index (χ0n) is 8.22. The number of hydrogen-bond donors (Lipinski definition) is 0. The molecule has 8 heteroatoms. The van der Waals surface area contributed by atoms with Crippen LogP contribution in [0.25, 0.3) is 5.69 Å². The summed E-state index contributed by atoms with van der Waals surface area (Å²) in [6.07, 6.45) is 0.226. The van der Waals surface area contributed by atoms with Crippen molar-refractivity contribution in [1.82, 2.24) is 19.7 Å². The van der Waals surface area contributed by atoms with E-state index in [-0.39, 0.29) is 12.0 Å². The van der Waals surface area contributed by atoms with Crippen LogP contribution in [0, 0.1) is 0 Å². The molecule has 0 fully saturated rings. The van der Waals surface area contributed by atoms with Crippen LogP contribution in [0.2, 0.25) is 0 Å². The summed E-state index contributed by atoms with van der Waals surface area (Å²) in [5.74, 6) is 0. The van der Waals surface area contributed by atoms with Crippen LogP contribution in [-0.2, 0) is 6.18 Å². The lowest BCUT2D eigenvalue weighted by Crippen LogP contribution is -2.09. The van der Waals surface area contributed by atoms with Crippen molar-refractivity contribution in [2.24, 2.45) is 0 Å². The molecule has 0 radical (unpaired) electrons. The minimum atomic E-state index is -4.67. The standard InChI is InChI=1S/C9H5F3N4O/c10-9(11,12)8-6(4-17)3-16(15-8)7-1-13-5-14-2-7/h1-5H. The maximum absolute atomic E-state index is 12.5. The Labute approximate surface area is 92.9 Å². The first-order valence-electron chi connectivity index (χ1n) is 4.40. The first-order chi connectivity index (χ1) is 8.02. The molecule has 0 aliphatic carbocycles. The molecule has 2 aromatic rings. The molecule has 0 aliphatic heterocycles. The fourth-order valence-corrected chi connectivity index (χ4v) is 1.24. The molecule has 5 nitrogen and oxygen atoms in total. The second-order valence-corrected chi connectivity index (χ2v) is 3.09. The average Bonchev–Trinajstić information content (AvgIpc) is 2.74. The molecule has 0 saturated carbocycles. The summed E-state index contributed by atoms with van der Waals surface area (Å²) in [6, 6.07) is 0. The second kappa shape index (κ2) is 3.96. The van der Waals surface area contributed by atoms with Gasteiger partial charge in [-0.3, -0.25) is 4.79 Å². The second-order valence-electron chi connectivity index (χ2n) is 3.09. The van der Waals surface area contributed by atoms with Gasteiger partial charge in [-0.05, 0) is 0 Å². The Hall–Kier alpha value is -2.25. The molecule has 0 atom stereocenters. The molecule has 0 unspecified atom stereocenters. The average molecular weight is 242 g/mol. The SMILES string of the molecule is O=Cc1cn(-c2cncnc2)nc1C(F)(F)F. The fraction of sp³-hybridized carbons (Fsp3) is 0.111. The van der Waals surface area contributed by atoms with Crippen LogP contribution in [0.15, 0.2) is 24.9 Å². The molecule has 2 aromatic heterocycles. The van der Waals surface area contributed by atoms with Gasteiger partial charge < -0.3 is 0 Å². The lowest BCUT2D eigenvalue weighted by molar-refractivity contribution is -0.141. The van der Waals surface area contributed by atoms with Gasteiger partial charge in [0.25, 0.3) is 0 Å². The van der Waals surface area contributed by atoms with Gasteiger partial charge in [-0.25, -0.2) is 14.6 Å². The smallest absolute Gasteiger partial charge is 0.298 e. The van der Waals surface area contributed by atoms with Crippen molar-refractivity contribution in [3.8, 4) is 5.69 Å². The van der Waals surface area contributed by atoms with Crippen molar-refractivity contribution in [2.45, 2.75) is 6.18 Å². The highest BCUT2D eigenvalue weighted by molar-refractivity contribution is 5.76. The largest absolute Gasteiger partial charge is 0.435 e. The van der Waals surface area contributed by atoms with Gasteiger partial charge in [0.2, 0.25) is 0 Å². The van der Waals surface area contributed by atoms with Crippen LogP contribution in [0.5, 0.6) is 0 Å². The van der Waals surface area contributed by atoms with E-state index < -0.39 is 17.4 Å². The predicted octanol–water partition coefficient (Wildman–Crippen LogP) is 1.49. The summed E-state index contributed by atoms with van der Waals surface area (Å²) >= 11 is 0. The maximum Gasteiger partial charge on any atom is 0.435 e. The number of carbonyl (C=O) groups excluding carboxylic acids is 1. The highest BCUT2D eigenvalue weighted by atomic mass is 19.4. The zero-order chi connectivity index (χ0) is 12.5. The Balaban J connectivity index is 2.53. The third kappa shape index (κ3) is 2.14. The lowest BCUT2D eigenvalue weighted by Gasteiger charge is -2.02. The van der Waals surface area contributed by atoms with Crippen molar-refractivity contribution >= 4 is 6.29 Å². The normalized spacial score (nSPS) is 11.5. The van der Waals surface area contributed by atoms with Gasteiger partial charge in [0.1, 0.15) is 12.0 Å². The summed E-state index contributed by atoms with van der Waals surface area (Å²) in [6.45, 7) is 0. The summed E-state index contributed by atoms with van der Waals surface area (Å²) in [4.78, 5) is 17.8. The Morgan fingerprint density at radius 1 is 1.24 bits per heavy atom. The van der Waals surface area contributed by atoms with Gasteiger partial charge in [-0.15, -0.1) is 0 Å². The molecule has 17 heavy (non-hydrogen) atoms. The monoisotopic (exact) mass is 242 g/mol. The van der Waals surface area contributed by atoms with Crippen LogP contribution in [-0.4, -0.2) is 26.0 Å². The number of carbonyl (C=O) groups is 1. The van der Waals surface area contributed by atoms with Crippen molar-refractivity contribution in [1.29, 1.82) is 0 Å². The van der Waals surface area contributed by atoms with Crippen molar-refractivity contribution in [3.63, 3.8) is 0 Å². The van der Waals surface area contributed by atoms with Crippen molar-refractivity contribution in [3.05, 3.63) is 36.2 Å². The number of hydrogen-bond acceptors (Lipinski definition) is 4. The van der Waals surface area contributed by atoms with E-state index in [0.29, 0.717) is 0 Å². The number of rotatable bonds is 2. The fourth-order valence-electron chi connectivity index (χ4n) is 1.24. The van der Waals surface area contributed by atoms with E-state index >= 15 is 0 Å². The Kier molecular flexibility index (Phi) is 2.62. The van der Waals surface area contributed by atoms with Gasteiger partial charge in [0.05, 0.1) is 18.0 Å². The summed E-state index contributed by atoms with van der Waals surface area (Å²) in [7, 11) is 0. The summed E-state index contributed by atoms with van der Waals surface area (Å²) in [5, 5.41) is 3.30. The molecule has 0 bridgehead atoms. The molecule has 0 aliphatic rings. The van der Waals surface area contributed by atoms with Crippen LogP contribution in [0.1, 0.15) is 16.1 Å². The van der Waals surface area contributed by atoms with Crippen LogP contribution >= 0.6 is 0 Å². The molecule has 0 aromatic carbocycles. The van der Waals surface area contributed by atoms with E-state index in [1.807, 2.05) is 0 Å². The van der Waals surface area contributed by atoms with Gasteiger partial charge in [-0.1, -0.05) is 0 Å². The lowest BCUT2D eigenvalue weighted by atomic mass is 10.3. The Morgan fingerprint density at radius 3 is 2.35 bits per heavy atom. The molecular formula is C9H5F3N4O. The molecule has 0 spiro atoms. The molecule has 0 saturated heterocycles. The van der Waals surface area contributed by atoms with Crippen LogP contribution < -0.4 is 0 Å². The number of aldehydes is 1. The minimum Gasteiger partial charge on any atom is -0.298 e. The maximum atomic E-state index is 12.5. The highest BCUT2D eigenvalue weighted by Crippen LogP contribution is 2.30. The van der Waals surface area contributed by atoms with Gasteiger partial charge in [0.15, 0.2) is 12.0 Å². The summed E-state index contributed by atoms with van der Waals surface area (Å²) in [5.41, 5.74) is -1.51. The van der Waals surface area contributed by atoms with Gasteiger partial charge in [-0.2, -0.15) is 18.3 Å². The van der Waals surface area contributed by atoms with E-state index in [2.05, 4.69) is 15.1 Å². The number of alkyl halides is 3. The number of nitrogens with zero attached hydrogens (tertiary/aromatic N) is 4.